The number of carbonyl (C=O) groups excluding carboxylic acids is 1. The number of hydrogen-bond donors (Lipinski definition) is 0. The van der Waals surface area contributed by atoms with Crippen LogP contribution < -0.4 is 4.74 Å². The van der Waals surface area contributed by atoms with Gasteiger partial charge in [-0.25, -0.2) is 0 Å². The van der Waals surface area contributed by atoms with E-state index in [1.54, 1.807) is 31.2 Å². The van der Waals surface area contributed by atoms with Gasteiger partial charge in [0.1, 0.15) is 5.75 Å². The van der Waals surface area contributed by atoms with Crippen LogP contribution in [0.15, 0.2) is 42.5 Å². The molecule has 3 heteroatoms. The van der Waals surface area contributed by atoms with Gasteiger partial charge in [0.25, 0.3) is 0 Å². The summed E-state index contributed by atoms with van der Waals surface area (Å²) in [6.07, 6.45) is -0.530. The van der Waals surface area contributed by atoms with Crippen molar-refractivity contribution in [3.63, 3.8) is 0 Å². The summed E-state index contributed by atoms with van der Waals surface area (Å²) in [5.74, 6) is 0.687. The summed E-state index contributed by atoms with van der Waals surface area (Å²) in [4.78, 5) is 12.3. The number of hydrogen-bond acceptors (Lipinski definition) is 2. The van der Waals surface area contributed by atoms with Gasteiger partial charge in [-0.2, -0.15) is 0 Å². The van der Waals surface area contributed by atoms with Crippen molar-refractivity contribution in [2.45, 2.75) is 26.9 Å². The lowest BCUT2D eigenvalue weighted by atomic mass is 10.1. The van der Waals surface area contributed by atoms with Crippen LogP contribution in [0.1, 0.15) is 28.4 Å². The average Bonchev–Trinajstić information content (AvgIpc) is 2.42. The molecule has 2 aromatic rings. The standard InChI is InChI=1S/C17H17ClO2/c1-11-4-9-16(12(2)10-11)20-13(3)17(19)14-5-7-15(18)8-6-14/h4-10,13H,1-3H3. The number of benzene rings is 2. The van der Waals surface area contributed by atoms with Crippen LogP contribution in [0.3, 0.4) is 0 Å². The van der Waals surface area contributed by atoms with Gasteiger partial charge in [0.2, 0.25) is 5.78 Å². The molecule has 0 aliphatic carbocycles. The summed E-state index contributed by atoms with van der Waals surface area (Å²) in [5.41, 5.74) is 2.80. The minimum absolute atomic E-state index is 0.0540. The zero-order valence-electron chi connectivity index (χ0n) is 11.8. The van der Waals surface area contributed by atoms with Crippen molar-refractivity contribution >= 4 is 17.4 Å². The molecule has 0 bridgehead atoms. The van der Waals surface area contributed by atoms with Gasteiger partial charge in [0.05, 0.1) is 0 Å². The van der Waals surface area contributed by atoms with Crippen LogP contribution in [0, 0.1) is 13.8 Å². The third-order valence-corrected chi connectivity index (χ3v) is 3.38. The Kier molecular flexibility index (Phi) is 4.46. The van der Waals surface area contributed by atoms with E-state index in [1.807, 2.05) is 32.0 Å². The lowest BCUT2D eigenvalue weighted by molar-refractivity contribution is 0.0817. The molecule has 2 aromatic carbocycles. The normalized spacial score (nSPS) is 12.0. The van der Waals surface area contributed by atoms with Crippen molar-refractivity contribution in [2.75, 3.05) is 0 Å². The van der Waals surface area contributed by atoms with Gasteiger partial charge in [-0.1, -0.05) is 29.3 Å². The van der Waals surface area contributed by atoms with E-state index in [2.05, 4.69) is 0 Å². The van der Waals surface area contributed by atoms with E-state index >= 15 is 0 Å². The minimum Gasteiger partial charge on any atom is -0.482 e. The molecule has 0 aliphatic rings. The zero-order chi connectivity index (χ0) is 14.7. The summed E-state index contributed by atoms with van der Waals surface area (Å²) < 4.78 is 5.76. The number of aryl methyl sites for hydroxylation is 2. The van der Waals surface area contributed by atoms with Gasteiger partial charge in [0.15, 0.2) is 6.10 Å². The molecule has 0 spiro atoms. The largest absolute Gasteiger partial charge is 0.482 e. The van der Waals surface area contributed by atoms with Crippen LogP contribution in [-0.4, -0.2) is 11.9 Å². The predicted octanol–water partition coefficient (Wildman–Crippen LogP) is 4.61. The van der Waals surface area contributed by atoms with Crippen LogP contribution >= 0.6 is 11.6 Å². The van der Waals surface area contributed by atoms with Crippen LogP contribution in [0.5, 0.6) is 5.75 Å². The fourth-order valence-electron chi connectivity index (χ4n) is 2.02. The highest BCUT2D eigenvalue weighted by Crippen LogP contribution is 2.21. The maximum Gasteiger partial charge on any atom is 0.202 e. The molecule has 2 nitrogen and oxygen atoms in total. The Labute approximate surface area is 124 Å². The van der Waals surface area contributed by atoms with Gasteiger partial charge in [0, 0.05) is 10.6 Å². The molecule has 20 heavy (non-hydrogen) atoms. The number of carbonyl (C=O) groups is 1. The lowest BCUT2D eigenvalue weighted by Gasteiger charge is -2.16. The van der Waals surface area contributed by atoms with Crippen molar-refractivity contribution in [3.05, 3.63) is 64.2 Å². The molecule has 0 radical (unpaired) electrons. The van der Waals surface area contributed by atoms with E-state index in [0.29, 0.717) is 10.6 Å². The van der Waals surface area contributed by atoms with Gasteiger partial charge in [-0.05, 0) is 56.7 Å². The molecular weight excluding hydrogens is 272 g/mol. The Bertz CT molecular complexity index is 617. The number of rotatable bonds is 4. The molecule has 0 fully saturated rings. The molecule has 0 N–H and O–H groups in total. The molecule has 0 aliphatic heterocycles. The Morgan fingerprint density at radius 3 is 2.35 bits per heavy atom. The van der Waals surface area contributed by atoms with Crippen LogP contribution in [0.4, 0.5) is 0 Å². The predicted molar refractivity (Wildman–Crippen MR) is 81.8 cm³/mol. The number of ketones is 1. The van der Waals surface area contributed by atoms with Crippen molar-refractivity contribution in [1.82, 2.24) is 0 Å². The highest BCUT2D eigenvalue weighted by Gasteiger charge is 2.17. The minimum atomic E-state index is -0.530. The van der Waals surface area contributed by atoms with E-state index < -0.39 is 6.10 Å². The molecule has 104 valence electrons. The Morgan fingerprint density at radius 2 is 1.75 bits per heavy atom. The highest BCUT2D eigenvalue weighted by molar-refractivity contribution is 6.30. The molecule has 2 rings (SSSR count). The van der Waals surface area contributed by atoms with Crippen LogP contribution in [-0.2, 0) is 0 Å². The summed E-state index contributed by atoms with van der Waals surface area (Å²) in [6.45, 7) is 5.76. The molecule has 0 saturated carbocycles. The smallest absolute Gasteiger partial charge is 0.202 e. The Balaban J connectivity index is 2.13. The monoisotopic (exact) mass is 288 g/mol. The molecule has 1 atom stereocenters. The first kappa shape index (κ1) is 14.6. The summed E-state index contributed by atoms with van der Waals surface area (Å²) in [6, 6.07) is 12.8. The third-order valence-electron chi connectivity index (χ3n) is 3.13. The molecular formula is C17H17ClO2. The highest BCUT2D eigenvalue weighted by atomic mass is 35.5. The first-order valence-corrected chi connectivity index (χ1v) is 6.89. The quantitative estimate of drug-likeness (QED) is 0.768. The first-order valence-electron chi connectivity index (χ1n) is 6.51. The number of Topliss-reactive ketones (excluding diaryl/α,β-unsaturated/α-hetero) is 1. The maximum absolute atomic E-state index is 12.3. The number of halogens is 1. The van der Waals surface area contributed by atoms with E-state index in [9.17, 15) is 4.79 Å². The lowest BCUT2D eigenvalue weighted by Crippen LogP contribution is -2.24. The second-order valence-electron chi connectivity index (χ2n) is 4.90. The van der Waals surface area contributed by atoms with Gasteiger partial charge in [-0.3, -0.25) is 4.79 Å². The topological polar surface area (TPSA) is 26.3 Å². The summed E-state index contributed by atoms with van der Waals surface area (Å²) in [5, 5.41) is 0.615. The fraction of sp³-hybridized carbons (Fsp3) is 0.235. The van der Waals surface area contributed by atoms with Gasteiger partial charge in [-0.15, -0.1) is 0 Å². The third kappa shape index (κ3) is 3.40. The molecule has 0 aromatic heterocycles. The van der Waals surface area contributed by atoms with Crippen molar-refractivity contribution in [3.8, 4) is 5.75 Å². The maximum atomic E-state index is 12.3. The first-order chi connectivity index (χ1) is 9.47. The second-order valence-corrected chi connectivity index (χ2v) is 5.34. The van der Waals surface area contributed by atoms with Gasteiger partial charge >= 0.3 is 0 Å². The zero-order valence-corrected chi connectivity index (χ0v) is 12.6. The van der Waals surface area contributed by atoms with Crippen molar-refractivity contribution < 1.29 is 9.53 Å². The Hall–Kier alpha value is -1.80. The molecule has 1 unspecified atom stereocenters. The molecule has 0 saturated heterocycles. The van der Waals surface area contributed by atoms with E-state index in [4.69, 9.17) is 16.3 Å². The van der Waals surface area contributed by atoms with Gasteiger partial charge < -0.3 is 4.74 Å². The van der Waals surface area contributed by atoms with Crippen LogP contribution in [0.2, 0.25) is 5.02 Å². The van der Waals surface area contributed by atoms with Crippen molar-refractivity contribution in [2.24, 2.45) is 0 Å². The Morgan fingerprint density at radius 1 is 1.10 bits per heavy atom. The average molecular weight is 289 g/mol. The SMILES string of the molecule is Cc1ccc(OC(C)C(=O)c2ccc(Cl)cc2)c(C)c1. The summed E-state index contributed by atoms with van der Waals surface area (Å²) in [7, 11) is 0. The molecule has 0 amide bonds. The van der Waals surface area contributed by atoms with Crippen LogP contribution in [0.25, 0.3) is 0 Å². The summed E-state index contributed by atoms with van der Waals surface area (Å²) >= 11 is 5.82. The molecule has 0 heterocycles. The van der Waals surface area contributed by atoms with E-state index in [1.165, 1.54) is 5.56 Å². The van der Waals surface area contributed by atoms with E-state index in [-0.39, 0.29) is 5.78 Å². The van der Waals surface area contributed by atoms with E-state index in [0.717, 1.165) is 11.3 Å². The second kappa shape index (κ2) is 6.10. The number of ether oxygens (including phenoxy) is 1. The van der Waals surface area contributed by atoms with Crippen molar-refractivity contribution in [1.29, 1.82) is 0 Å². The fourth-order valence-corrected chi connectivity index (χ4v) is 2.15.